The molecule has 1 aromatic carbocycles. The molecule has 0 radical (unpaired) electrons. The van der Waals surface area contributed by atoms with E-state index in [-0.39, 0.29) is 11.8 Å². The Bertz CT molecular complexity index is 394. The van der Waals surface area contributed by atoms with Gasteiger partial charge in [0.1, 0.15) is 5.75 Å². The first-order valence-corrected chi connectivity index (χ1v) is 7.18. The molecular formula is C16H25NO2. The smallest absolute Gasteiger partial charge is 0.115 e. The second-order valence-electron chi connectivity index (χ2n) is 6.06. The minimum absolute atomic E-state index is 0.198. The van der Waals surface area contributed by atoms with Crippen LogP contribution in [0.1, 0.15) is 50.1 Å². The maximum Gasteiger partial charge on any atom is 0.115 e. The van der Waals surface area contributed by atoms with Gasteiger partial charge in [-0.05, 0) is 51.1 Å². The van der Waals surface area contributed by atoms with Gasteiger partial charge in [0.2, 0.25) is 0 Å². The number of rotatable bonds is 4. The maximum atomic E-state index is 10.7. The molecule has 0 bridgehead atoms. The fraction of sp³-hybridized carbons (Fsp3) is 0.625. The van der Waals surface area contributed by atoms with Crippen LogP contribution in [0.25, 0.3) is 0 Å². The third kappa shape index (κ3) is 3.71. The lowest BCUT2D eigenvalue weighted by Gasteiger charge is -2.37. The number of phenols is 1. The van der Waals surface area contributed by atoms with Gasteiger partial charge >= 0.3 is 0 Å². The first-order chi connectivity index (χ1) is 9.00. The molecule has 0 heterocycles. The molecule has 3 heteroatoms. The van der Waals surface area contributed by atoms with Gasteiger partial charge in [-0.25, -0.2) is 0 Å². The van der Waals surface area contributed by atoms with Crippen LogP contribution >= 0.6 is 0 Å². The molecule has 1 aromatic rings. The van der Waals surface area contributed by atoms with Gasteiger partial charge < -0.3 is 15.1 Å². The maximum absolute atomic E-state index is 10.7. The summed E-state index contributed by atoms with van der Waals surface area (Å²) in [4.78, 5) is 2.15. The lowest BCUT2D eigenvalue weighted by Crippen LogP contribution is -2.36. The second-order valence-corrected chi connectivity index (χ2v) is 6.06. The van der Waals surface area contributed by atoms with Gasteiger partial charge in [-0.3, -0.25) is 0 Å². The van der Waals surface area contributed by atoms with Crippen LogP contribution in [0.5, 0.6) is 5.75 Å². The lowest BCUT2D eigenvalue weighted by molar-refractivity contribution is -0.0227. The molecule has 0 aliphatic heterocycles. The number of aromatic hydroxyl groups is 1. The van der Waals surface area contributed by atoms with Crippen LogP contribution in [0.15, 0.2) is 24.3 Å². The Hall–Kier alpha value is -1.06. The van der Waals surface area contributed by atoms with Crippen molar-refractivity contribution in [1.82, 2.24) is 4.90 Å². The van der Waals surface area contributed by atoms with E-state index in [0.29, 0.717) is 0 Å². The molecule has 1 saturated carbocycles. The average molecular weight is 263 g/mol. The van der Waals surface area contributed by atoms with Crippen molar-refractivity contribution >= 4 is 0 Å². The zero-order valence-electron chi connectivity index (χ0n) is 12.0. The van der Waals surface area contributed by atoms with Crippen LogP contribution in [0.2, 0.25) is 0 Å². The summed E-state index contributed by atoms with van der Waals surface area (Å²) >= 11 is 0. The fourth-order valence-corrected chi connectivity index (χ4v) is 3.07. The number of phenolic OH excluding ortho intramolecular Hbond substituents is 1. The first kappa shape index (κ1) is 14.4. The van der Waals surface area contributed by atoms with Gasteiger partial charge in [0.15, 0.2) is 0 Å². The summed E-state index contributed by atoms with van der Waals surface area (Å²) < 4.78 is 0. The summed E-state index contributed by atoms with van der Waals surface area (Å²) in [5.74, 6) is 0.289. The average Bonchev–Trinajstić information content (AvgIpc) is 2.38. The molecule has 1 atom stereocenters. The van der Waals surface area contributed by atoms with Crippen molar-refractivity contribution in [2.24, 2.45) is 0 Å². The Kier molecular flexibility index (Phi) is 4.48. The zero-order valence-corrected chi connectivity index (χ0v) is 12.0. The summed E-state index contributed by atoms with van der Waals surface area (Å²) in [5.41, 5.74) is 0.632. The minimum Gasteiger partial charge on any atom is -0.508 e. The van der Waals surface area contributed by atoms with Gasteiger partial charge in [-0.15, -0.1) is 0 Å². The molecule has 106 valence electrons. The molecule has 0 saturated heterocycles. The Morgan fingerprint density at radius 3 is 2.21 bits per heavy atom. The van der Waals surface area contributed by atoms with E-state index in [4.69, 9.17) is 0 Å². The molecule has 3 nitrogen and oxygen atoms in total. The van der Waals surface area contributed by atoms with Crippen LogP contribution in [0.4, 0.5) is 0 Å². The molecule has 2 rings (SSSR count). The van der Waals surface area contributed by atoms with Crippen LogP contribution < -0.4 is 0 Å². The highest BCUT2D eigenvalue weighted by Crippen LogP contribution is 2.37. The zero-order chi connectivity index (χ0) is 13.9. The van der Waals surface area contributed by atoms with Crippen molar-refractivity contribution in [2.75, 3.05) is 14.1 Å². The van der Waals surface area contributed by atoms with Crippen LogP contribution in [0.3, 0.4) is 0 Å². The van der Waals surface area contributed by atoms with E-state index in [0.717, 1.165) is 37.7 Å². The molecule has 1 aliphatic carbocycles. The SMILES string of the molecule is CN(C)[C@@H](CC1(O)CCCCC1)c1ccc(O)cc1. The van der Waals surface area contributed by atoms with Gasteiger partial charge in [0.25, 0.3) is 0 Å². The predicted octanol–water partition coefficient (Wildman–Crippen LogP) is 3.08. The largest absolute Gasteiger partial charge is 0.508 e. The lowest BCUT2D eigenvalue weighted by atomic mass is 9.79. The third-order valence-electron chi connectivity index (χ3n) is 4.26. The highest BCUT2D eigenvalue weighted by atomic mass is 16.3. The normalized spacial score (nSPS) is 20.4. The molecule has 2 N–H and O–H groups in total. The highest BCUT2D eigenvalue weighted by Gasteiger charge is 2.33. The predicted molar refractivity (Wildman–Crippen MR) is 77.2 cm³/mol. The van der Waals surface area contributed by atoms with Crippen molar-refractivity contribution in [3.8, 4) is 5.75 Å². The summed E-state index contributed by atoms with van der Waals surface area (Å²) in [5, 5.41) is 20.1. The monoisotopic (exact) mass is 263 g/mol. The number of hydrogen-bond donors (Lipinski definition) is 2. The van der Waals surface area contributed by atoms with E-state index in [1.54, 1.807) is 12.1 Å². The molecule has 0 spiro atoms. The standard InChI is InChI=1S/C16H25NO2/c1-17(2)15(13-6-8-14(18)9-7-13)12-16(19)10-4-3-5-11-16/h6-9,15,18-19H,3-5,10-12H2,1-2H3/t15-/m0/s1. The van der Waals surface area contributed by atoms with Gasteiger partial charge in [0.05, 0.1) is 5.60 Å². The molecule has 1 fully saturated rings. The van der Waals surface area contributed by atoms with Crippen molar-refractivity contribution in [1.29, 1.82) is 0 Å². The summed E-state index contributed by atoms with van der Waals surface area (Å²) in [7, 11) is 4.09. The van der Waals surface area contributed by atoms with E-state index >= 15 is 0 Å². The summed E-state index contributed by atoms with van der Waals surface area (Å²) in [6, 6.07) is 7.54. The molecule has 0 aromatic heterocycles. The highest BCUT2D eigenvalue weighted by molar-refractivity contribution is 5.28. The molecular weight excluding hydrogens is 238 g/mol. The molecule has 19 heavy (non-hydrogen) atoms. The van der Waals surface area contributed by atoms with E-state index < -0.39 is 5.60 Å². The van der Waals surface area contributed by atoms with Crippen LogP contribution in [-0.4, -0.2) is 34.8 Å². The van der Waals surface area contributed by atoms with Gasteiger partial charge in [-0.1, -0.05) is 31.4 Å². The Balaban J connectivity index is 2.14. The first-order valence-electron chi connectivity index (χ1n) is 7.18. The van der Waals surface area contributed by atoms with E-state index in [2.05, 4.69) is 4.90 Å². The van der Waals surface area contributed by atoms with Gasteiger partial charge in [-0.2, -0.15) is 0 Å². The van der Waals surface area contributed by atoms with Crippen molar-refractivity contribution < 1.29 is 10.2 Å². The van der Waals surface area contributed by atoms with Crippen molar-refractivity contribution in [2.45, 2.75) is 50.2 Å². The number of hydrogen-bond acceptors (Lipinski definition) is 3. The molecule has 0 unspecified atom stereocenters. The van der Waals surface area contributed by atoms with Crippen LogP contribution in [0, 0.1) is 0 Å². The Morgan fingerprint density at radius 2 is 1.68 bits per heavy atom. The third-order valence-corrected chi connectivity index (χ3v) is 4.26. The Labute approximate surface area is 115 Å². The Morgan fingerprint density at radius 1 is 1.11 bits per heavy atom. The van der Waals surface area contributed by atoms with Gasteiger partial charge in [0, 0.05) is 6.04 Å². The minimum atomic E-state index is -0.523. The number of aliphatic hydroxyl groups is 1. The van der Waals surface area contributed by atoms with Crippen LogP contribution in [-0.2, 0) is 0 Å². The van der Waals surface area contributed by atoms with E-state index in [1.807, 2.05) is 26.2 Å². The molecule has 1 aliphatic rings. The number of benzene rings is 1. The molecule has 0 amide bonds. The topological polar surface area (TPSA) is 43.7 Å². The van der Waals surface area contributed by atoms with E-state index in [9.17, 15) is 10.2 Å². The van der Waals surface area contributed by atoms with Crippen molar-refractivity contribution in [3.05, 3.63) is 29.8 Å². The number of nitrogens with zero attached hydrogens (tertiary/aromatic N) is 1. The van der Waals surface area contributed by atoms with Crippen molar-refractivity contribution in [3.63, 3.8) is 0 Å². The van der Waals surface area contributed by atoms with E-state index in [1.165, 1.54) is 6.42 Å². The fourth-order valence-electron chi connectivity index (χ4n) is 3.07. The quantitative estimate of drug-likeness (QED) is 0.877. The second kappa shape index (κ2) is 5.93. The summed E-state index contributed by atoms with van der Waals surface area (Å²) in [6.45, 7) is 0. The summed E-state index contributed by atoms with van der Waals surface area (Å²) in [6.07, 6.45) is 6.10.